The first-order valence-corrected chi connectivity index (χ1v) is 4.28. The zero-order chi connectivity index (χ0) is 8.13. The van der Waals surface area contributed by atoms with Crippen LogP contribution in [0, 0.1) is 0 Å². The summed E-state index contributed by atoms with van der Waals surface area (Å²) >= 11 is 0. The number of benzene rings is 1. The van der Waals surface area contributed by atoms with Crippen LogP contribution in [0.4, 0.5) is 0 Å². The Kier molecular flexibility index (Phi) is 1.15. The van der Waals surface area contributed by atoms with Gasteiger partial charge < -0.3 is 9.84 Å². The minimum absolute atomic E-state index is 0.282. The minimum Gasteiger partial charge on any atom is -0.388 e. The number of ether oxygens (including phenoxy) is 1. The number of aliphatic hydroxyl groups is 1. The predicted octanol–water partition coefficient (Wildman–Crippen LogP) is 1.56. The van der Waals surface area contributed by atoms with Gasteiger partial charge in [0, 0.05) is 6.42 Å². The average molecular weight is 162 g/mol. The van der Waals surface area contributed by atoms with E-state index >= 15 is 0 Å². The second kappa shape index (κ2) is 2.09. The van der Waals surface area contributed by atoms with Crippen molar-refractivity contribution < 1.29 is 9.84 Å². The van der Waals surface area contributed by atoms with E-state index < -0.39 is 0 Å². The van der Waals surface area contributed by atoms with Gasteiger partial charge in [0.2, 0.25) is 0 Å². The van der Waals surface area contributed by atoms with Gasteiger partial charge in [-0.1, -0.05) is 24.3 Å². The quantitative estimate of drug-likeness (QED) is 0.587. The van der Waals surface area contributed by atoms with Crippen molar-refractivity contribution in [3.8, 4) is 0 Å². The van der Waals surface area contributed by atoms with E-state index in [0.717, 1.165) is 12.0 Å². The zero-order valence-electron chi connectivity index (χ0n) is 6.60. The Hall–Kier alpha value is -0.860. The molecule has 1 aromatic carbocycles. The van der Waals surface area contributed by atoms with Crippen LogP contribution in [0.15, 0.2) is 24.3 Å². The molecule has 1 N–H and O–H groups in total. The Morgan fingerprint density at radius 2 is 2.00 bits per heavy atom. The van der Waals surface area contributed by atoms with Crippen molar-refractivity contribution in [2.24, 2.45) is 0 Å². The standard InChI is InChI=1S/C10H10O2/c11-8-5-9-10(12-9)7-4-2-1-3-6(7)8/h1-4,8-11H,5H2/t8-,9+,10-/m0/s1. The Morgan fingerprint density at radius 1 is 1.25 bits per heavy atom. The molecule has 1 saturated heterocycles. The lowest BCUT2D eigenvalue weighted by atomic mass is 9.90. The third-order valence-electron chi connectivity index (χ3n) is 2.70. The van der Waals surface area contributed by atoms with Crippen molar-refractivity contribution >= 4 is 0 Å². The molecule has 0 aromatic heterocycles. The maximum absolute atomic E-state index is 9.68. The fraction of sp³-hybridized carbons (Fsp3) is 0.400. The van der Waals surface area contributed by atoms with Gasteiger partial charge in [0.1, 0.15) is 6.10 Å². The molecule has 3 atom stereocenters. The number of epoxide rings is 1. The summed E-state index contributed by atoms with van der Waals surface area (Å²) in [5, 5.41) is 9.68. The van der Waals surface area contributed by atoms with Crippen LogP contribution in [0.2, 0.25) is 0 Å². The maximum atomic E-state index is 9.68. The highest BCUT2D eigenvalue weighted by Crippen LogP contribution is 2.50. The predicted molar refractivity (Wildman–Crippen MR) is 43.6 cm³/mol. The molecule has 2 aliphatic rings. The molecule has 0 spiro atoms. The van der Waals surface area contributed by atoms with Crippen molar-refractivity contribution in [2.45, 2.75) is 24.7 Å². The van der Waals surface area contributed by atoms with Gasteiger partial charge >= 0.3 is 0 Å². The first-order valence-electron chi connectivity index (χ1n) is 4.28. The molecular weight excluding hydrogens is 152 g/mol. The van der Waals surface area contributed by atoms with Crippen LogP contribution < -0.4 is 0 Å². The van der Waals surface area contributed by atoms with Crippen molar-refractivity contribution in [3.63, 3.8) is 0 Å². The molecule has 0 bridgehead atoms. The third-order valence-corrected chi connectivity index (χ3v) is 2.70. The van der Waals surface area contributed by atoms with Gasteiger partial charge in [-0.15, -0.1) is 0 Å². The lowest BCUT2D eigenvalue weighted by Crippen LogP contribution is -2.10. The van der Waals surface area contributed by atoms with Crippen LogP contribution in [0.5, 0.6) is 0 Å². The Balaban J connectivity index is 2.15. The van der Waals surface area contributed by atoms with Crippen LogP contribution in [0.3, 0.4) is 0 Å². The summed E-state index contributed by atoms with van der Waals surface area (Å²) in [6.07, 6.45) is 1.02. The van der Waals surface area contributed by atoms with Crippen molar-refractivity contribution in [2.75, 3.05) is 0 Å². The average Bonchev–Trinajstić information content (AvgIpc) is 2.84. The molecular formula is C10H10O2. The molecule has 2 nitrogen and oxygen atoms in total. The summed E-state index contributed by atoms with van der Waals surface area (Å²) in [6, 6.07) is 7.99. The smallest absolute Gasteiger partial charge is 0.110 e. The van der Waals surface area contributed by atoms with Gasteiger partial charge in [-0.25, -0.2) is 0 Å². The van der Waals surface area contributed by atoms with Crippen LogP contribution in [0.25, 0.3) is 0 Å². The molecule has 1 aromatic rings. The number of fused-ring (bicyclic) bond motifs is 3. The van der Waals surface area contributed by atoms with Gasteiger partial charge in [-0.05, 0) is 11.1 Å². The summed E-state index contributed by atoms with van der Waals surface area (Å²) < 4.78 is 5.41. The first-order chi connectivity index (χ1) is 5.86. The SMILES string of the molecule is O[C@H]1C[C@H]2O[C@H]2c2ccccc21. The number of aliphatic hydroxyl groups excluding tert-OH is 1. The molecule has 1 heterocycles. The van der Waals surface area contributed by atoms with Gasteiger partial charge in [0.25, 0.3) is 0 Å². The summed E-state index contributed by atoms with van der Waals surface area (Å²) in [5.41, 5.74) is 2.23. The summed E-state index contributed by atoms with van der Waals surface area (Å²) in [4.78, 5) is 0. The normalized spacial score (nSPS) is 36.9. The van der Waals surface area contributed by atoms with E-state index in [1.807, 2.05) is 24.3 Å². The second-order valence-corrected chi connectivity index (χ2v) is 3.48. The van der Waals surface area contributed by atoms with Crippen LogP contribution >= 0.6 is 0 Å². The maximum Gasteiger partial charge on any atom is 0.110 e. The van der Waals surface area contributed by atoms with Crippen LogP contribution in [-0.4, -0.2) is 11.2 Å². The Bertz CT molecular complexity index is 306. The fourth-order valence-electron chi connectivity index (χ4n) is 2.02. The van der Waals surface area contributed by atoms with E-state index in [2.05, 4.69) is 0 Å². The Labute approximate surface area is 70.8 Å². The highest BCUT2D eigenvalue weighted by molar-refractivity contribution is 5.37. The molecule has 2 heteroatoms. The lowest BCUT2D eigenvalue weighted by molar-refractivity contribution is 0.153. The largest absolute Gasteiger partial charge is 0.388 e. The molecule has 12 heavy (non-hydrogen) atoms. The van der Waals surface area contributed by atoms with E-state index in [1.165, 1.54) is 5.56 Å². The number of hydrogen-bond donors (Lipinski definition) is 1. The fourth-order valence-corrected chi connectivity index (χ4v) is 2.02. The topological polar surface area (TPSA) is 32.8 Å². The molecule has 0 amide bonds. The molecule has 62 valence electrons. The molecule has 1 aliphatic heterocycles. The molecule has 1 aliphatic carbocycles. The molecule has 0 saturated carbocycles. The van der Waals surface area contributed by atoms with E-state index in [9.17, 15) is 5.11 Å². The van der Waals surface area contributed by atoms with Crippen LogP contribution in [0.1, 0.15) is 29.8 Å². The second-order valence-electron chi connectivity index (χ2n) is 3.48. The Morgan fingerprint density at radius 3 is 2.83 bits per heavy atom. The van der Waals surface area contributed by atoms with E-state index in [-0.39, 0.29) is 18.3 Å². The van der Waals surface area contributed by atoms with Gasteiger partial charge in [0.15, 0.2) is 0 Å². The molecule has 3 rings (SSSR count). The summed E-state index contributed by atoms with van der Waals surface area (Å²) in [5.74, 6) is 0. The number of hydrogen-bond acceptors (Lipinski definition) is 2. The summed E-state index contributed by atoms with van der Waals surface area (Å²) in [7, 11) is 0. The van der Waals surface area contributed by atoms with E-state index in [1.54, 1.807) is 0 Å². The molecule has 0 unspecified atom stereocenters. The van der Waals surface area contributed by atoms with Gasteiger partial charge in [-0.3, -0.25) is 0 Å². The van der Waals surface area contributed by atoms with Crippen molar-refractivity contribution in [1.82, 2.24) is 0 Å². The minimum atomic E-state index is -0.315. The third kappa shape index (κ3) is 0.765. The van der Waals surface area contributed by atoms with E-state index in [0.29, 0.717) is 0 Å². The molecule has 1 fully saturated rings. The van der Waals surface area contributed by atoms with Gasteiger partial charge in [-0.2, -0.15) is 0 Å². The first kappa shape index (κ1) is 6.63. The van der Waals surface area contributed by atoms with E-state index in [4.69, 9.17) is 4.74 Å². The molecule has 0 radical (unpaired) electrons. The monoisotopic (exact) mass is 162 g/mol. The summed E-state index contributed by atoms with van der Waals surface area (Å²) in [6.45, 7) is 0. The number of rotatable bonds is 0. The highest BCUT2D eigenvalue weighted by atomic mass is 16.6. The van der Waals surface area contributed by atoms with Crippen molar-refractivity contribution in [1.29, 1.82) is 0 Å². The zero-order valence-corrected chi connectivity index (χ0v) is 6.60. The van der Waals surface area contributed by atoms with Crippen molar-refractivity contribution in [3.05, 3.63) is 35.4 Å². The van der Waals surface area contributed by atoms with Gasteiger partial charge in [0.05, 0.1) is 12.2 Å². The highest BCUT2D eigenvalue weighted by Gasteiger charge is 2.46. The van der Waals surface area contributed by atoms with Crippen LogP contribution in [-0.2, 0) is 4.74 Å². The lowest BCUT2D eigenvalue weighted by Gasteiger charge is -2.17.